The highest BCUT2D eigenvalue weighted by atomic mass is 16.5. The number of benzene rings is 1. The van der Waals surface area contributed by atoms with Crippen LogP contribution in [0.25, 0.3) is 0 Å². The molecule has 1 aromatic rings. The maximum absolute atomic E-state index is 10.9. The van der Waals surface area contributed by atoms with Gasteiger partial charge in [0, 0.05) is 6.42 Å². The Kier molecular flexibility index (Phi) is 4.63. The minimum atomic E-state index is -0.127. The average molecular weight is 208 g/mol. The van der Waals surface area contributed by atoms with Crippen LogP contribution in [0.5, 0.6) is 5.75 Å². The first-order valence-electron chi connectivity index (χ1n) is 4.88. The number of methoxy groups -OCH3 is 1. The van der Waals surface area contributed by atoms with E-state index in [4.69, 9.17) is 10.6 Å². The first-order valence-corrected chi connectivity index (χ1v) is 4.88. The molecule has 0 fully saturated rings. The van der Waals surface area contributed by atoms with Gasteiger partial charge in [-0.1, -0.05) is 12.1 Å². The molecule has 1 aromatic carbocycles. The summed E-state index contributed by atoms with van der Waals surface area (Å²) in [5.41, 5.74) is 3.28. The Labute approximate surface area is 89.4 Å². The molecule has 0 heterocycles. The fraction of sp³-hybridized carbons (Fsp3) is 0.364. The van der Waals surface area contributed by atoms with Gasteiger partial charge in [-0.25, -0.2) is 5.84 Å². The SMILES string of the molecule is COc1cccc(CCCC(=O)NN)c1. The minimum absolute atomic E-state index is 0.127. The molecule has 0 aromatic heterocycles. The Morgan fingerprint density at radius 3 is 3.00 bits per heavy atom. The zero-order valence-electron chi connectivity index (χ0n) is 8.82. The molecule has 0 bridgehead atoms. The standard InChI is InChI=1S/C11H16N2O2/c1-15-10-6-2-4-9(8-10)5-3-7-11(14)13-12/h2,4,6,8H,3,5,7,12H2,1H3,(H,13,14). The quantitative estimate of drug-likeness (QED) is 0.431. The average Bonchev–Trinajstić information content (AvgIpc) is 2.29. The molecule has 4 nitrogen and oxygen atoms in total. The van der Waals surface area contributed by atoms with E-state index in [1.54, 1.807) is 7.11 Å². The summed E-state index contributed by atoms with van der Waals surface area (Å²) in [5, 5.41) is 0. The van der Waals surface area contributed by atoms with Crippen molar-refractivity contribution >= 4 is 5.91 Å². The van der Waals surface area contributed by atoms with E-state index < -0.39 is 0 Å². The number of hydrogen-bond donors (Lipinski definition) is 2. The number of hydrogen-bond acceptors (Lipinski definition) is 3. The first kappa shape index (κ1) is 11.5. The van der Waals surface area contributed by atoms with Crippen molar-refractivity contribution in [1.82, 2.24) is 5.43 Å². The van der Waals surface area contributed by atoms with Gasteiger partial charge in [-0.05, 0) is 30.5 Å². The Morgan fingerprint density at radius 2 is 2.33 bits per heavy atom. The third-order valence-corrected chi connectivity index (χ3v) is 2.16. The van der Waals surface area contributed by atoms with Gasteiger partial charge in [-0.2, -0.15) is 0 Å². The number of nitrogens with one attached hydrogen (secondary N) is 1. The highest BCUT2D eigenvalue weighted by molar-refractivity contribution is 5.75. The van der Waals surface area contributed by atoms with Crippen LogP contribution in [-0.4, -0.2) is 13.0 Å². The molecule has 0 radical (unpaired) electrons. The van der Waals surface area contributed by atoms with E-state index in [2.05, 4.69) is 5.43 Å². The van der Waals surface area contributed by atoms with Crippen molar-refractivity contribution in [3.8, 4) is 5.75 Å². The van der Waals surface area contributed by atoms with Gasteiger partial charge in [0.15, 0.2) is 0 Å². The van der Waals surface area contributed by atoms with Crippen LogP contribution in [0.3, 0.4) is 0 Å². The van der Waals surface area contributed by atoms with Gasteiger partial charge in [0.1, 0.15) is 5.75 Å². The maximum atomic E-state index is 10.9. The Balaban J connectivity index is 2.40. The second-order valence-corrected chi connectivity index (χ2v) is 3.27. The highest BCUT2D eigenvalue weighted by Crippen LogP contribution is 2.14. The highest BCUT2D eigenvalue weighted by Gasteiger charge is 2.00. The number of rotatable bonds is 5. The van der Waals surface area contributed by atoms with Crippen LogP contribution < -0.4 is 16.0 Å². The summed E-state index contributed by atoms with van der Waals surface area (Å²) in [4.78, 5) is 10.9. The lowest BCUT2D eigenvalue weighted by molar-refractivity contribution is -0.121. The fourth-order valence-electron chi connectivity index (χ4n) is 1.35. The summed E-state index contributed by atoms with van der Waals surface area (Å²) in [7, 11) is 1.64. The number of carbonyl (C=O) groups excluding carboxylic acids is 1. The van der Waals surface area contributed by atoms with E-state index in [0.717, 1.165) is 18.6 Å². The van der Waals surface area contributed by atoms with E-state index in [-0.39, 0.29) is 5.91 Å². The van der Waals surface area contributed by atoms with Crippen molar-refractivity contribution in [3.63, 3.8) is 0 Å². The largest absolute Gasteiger partial charge is 0.497 e. The zero-order chi connectivity index (χ0) is 11.1. The van der Waals surface area contributed by atoms with Gasteiger partial charge < -0.3 is 4.74 Å². The van der Waals surface area contributed by atoms with Crippen molar-refractivity contribution in [2.24, 2.45) is 5.84 Å². The molecule has 0 aliphatic rings. The molecular formula is C11H16N2O2. The molecular weight excluding hydrogens is 192 g/mol. The molecule has 0 spiro atoms. The molecule has 0 aliphatic heterocycles. The second-order valence-electron chi connectivity index (χ2n) is 3.27. The molecule has 0 aliphatic carbocycles. The second kappa shape index (κ2) is 6.03. The van der Waals surface area contributed by atoms with Crippen molar-refractivity contribution in [3.05, 3.63) is 29.8 Å². The molecule has 0 saturated carbocycles. The van der Waals surface area contributed by atoms with Crippen molar-refractivity contribution in [2.75, 3.05) is 7.11 Å². The molecule has 4 heteroatoms. The van der Waals surface area contributed by atoms with Crippen LogP contribution in [0.2, 0.25) is 0 Å². The summed E-state index contributed by atoms with van der Waals surface area (Å²) in [5.74, 6) is 5.69. The van der Waals surface area contributed by atoms with Crippen LogP contribution in [0.15, 0.2) is 24.3 Å². The normalized spacial score (nSPS) is 9.73. The number of nitrogens with two attached hydrogens (primary N) is 1. The zero-order valence-corrected chi connectivity index (χ0v) is 8.82. The monoisotopic (exact) mass is 208 g/mol. The van der Waals surface area contributed by atoms with Crippen LogP contribution in [0.1, 0.15) is 18.4 Å². The van der Waals surface area contributed by atoms with Crippen LogP contribution >= 0.6 is 0 Å². The summed E-state index contributed by atoms with van der Waals surface area (Å²) >= 11 is 0. The van der Waals surface area contributed by atoms with Crippen LogP contribution in [0.4, 0.5) is 0 Å². The molecule has 0 saturated heterocycles. The van der Waals surface area contributed by atoms with E-state index in [0.29, 0.717) is 6.42 Å². The lowest BCUT2D eigenvalue weighted by Crippen LogP contribution is -2.29. The lowest BCUT2D eigenvalue weighted by Gasteiger charge is -2.04. The summed E-state index contributed by atoms with van der Waals surface area (Å²) in [6, 6.07) is 7.83. The molecule has 82 valence electrons. The summed E-state index contributed by atoms with van der Waals surface area (Å²) in [6.45, 7) is 0. The van der Waals surface area contributed by atoms with E-state index in [1.165, 1.54) is 5.56 Å². The van der Waals surface area contributed by atoms with Crippen LogP contribution in [0, 0.1) is 0 Å². The number of hydrazine groups is 1. The predicted molar refractivity (Wildman–Crippen MR) is 58.3 cm³/mol. The Morgan fingerprint density at radius 1 is 1.53 bits per heavy atom. The van der Waals surface area contributed by atoms with Gasteiger partial charge in [0.05, 0.1) is 7.11 Å². The van der Waals surface area contributed by atoms with Crippen molar-refractivity contribution < 1.29 is 9.53 Å². The van der Waals surface area contributed by atoms with E-state index >= 15 is 0 Å². The lowest BCUT2D eigenvalue weighted by atomic mass is 10.1. The Hall–Kier alpha value is -1.55. The first-order chi connectivity index (χ1) is 7.26. The summed E-state index contributed by atoms with van der Waals surface area (Å²) in [6.07, 6.45) is 2.09. The minimum Gasteiger partial charge on any atom is -0.497 e. The van der Waals surface area contributed by atoms with Gasteiger partial charge in [0.2, 0.25) is 5.91 Å². The third-order valence-electron chi connectivity index (χ3n) is 2.16. The number of carbonyl (C=O) groups is 1. The smallest absolute Gasteiger partial charge is 0.233 e. The number of amides is 1. The van der Waals surface area contributed by atoms with Crippen molar-refractivity contribution in [2.45, 2.75) is 19.3 Å². The number of ether oxygens (including phenoxy) is 1. The molecule has 0 unspecified atom stereocenters. The molecule has 3 N–H and O–H groups in total. The van der Waals surface area contributed by atoms with Gasteiger partial charge >= 0.3 is 0 Å². The molecule has 1 amide bonds. The molecule has 15 heavy (non-hydrogen) atoms. The molecule has 1 rings (SSSR count). The van der Waals surface area contributed by atoms with E-state index in [1.807, 2.05) is 24.3 Å². The Bertz CT molecular complexity index is 326. The van der Waals surface area contributed by atoms with Gasteiger partial charge in [-0.3, -0.25) is 10.2 Å². The molecule has 0 atom stereocenters. The maximum Gasteiger partial charge on any atom is 0.233 e. The fourth-order valence-corrected chi connectivity index (χ4v) is 1.35. The third kappa shape index (κ3) is 3.99. The van der Waals surface area contributed by atoms with Gasteiger partial charge in [-0.15, -0.1) is 0 Å². The summed E-state index contributed by atoms with van der Waals surface area (Å²) < 4.78 is 5.10. The predicted octanol–water partition coefficient (Wildman–Crippen LogP) is 1.01. The van der Waals surface area contributed by atoms with Crippen LogP contribution in [-0.2, 0) is 11.2 Å². The van der Waals surface area contributed by atoms with E-state index in [9.17, 15) is 4.79 Å². The van der Waals surface area contributed by atoms with Crippen molar-refractivity contribution in [1.29, 1.82) is 0 Å². The number of aryl methyl sites for hydroxylation is 1. The van der Waals surface area contributed by atoms with Gasteiger partial charge in [0.25, 0.3) is 0 Å². The topological polar surface area (TPSA) is 64.3 Å².